The SMILES string of the molecule is Cc1cc(-n2c(-c3csc4cc5c(F)cccc5cc34)nc3ccccc32)cc(C)c1-c1ccccc1. The third kappa shape index (κ3) is 3.48. The highest BCUT2D eigenvalue weighted by Gasteiger charge is 2.19. The van der Waals surface area contributed by atoms with Gasteiger partial charge in [0.25, 0.3) is 0 Å². The lowest BCUT2D eigenvalue weighted by Gasteiger charge is -2.16. The molecule has 0 bridgehead atoms. The Kier molecular flexibility index (Phi) is 4.98. The predicted octanol–water partition coefficient (Wildman–Crippen LogP) is 9.48. The highest BCUT2D eigenvalue weighted by Crippen LogP contribution is 2.40. The molecule has 0 unspecified atom stereocenters. The van der Waals surface area contributed by atoms with Crippen LogP contribution in [0.1, 0.15) is 11.1 Å². The summed E-state index contributed by atoms with van der Waals surface area (Å²) in [7, 11) is 0. The summed E-state index contributed by atoms with van der Waals surface area (Å²) in [6.45, 7) is 4.36. The van der Waals surface area contributed by atoms with Gasteiger partial charge < -0.3 is 0 Å². The third-order valence-electron chi connectivity index (χ3n) is 7.16. The number of imidazole rings is 1. The van der Waals surface area contributed by atoms with Gasteiger partial charge in [-0.3, -0.25) is 4.57 Å². The van der Waals surface area contributed by atoms with Gasteiger partial charge in [-0.2, -0.15) is 0 Å². The van der Waals surface area contributed by atoms with Crippen molar-refractivity contribution < 1.29 is 4.39 Å². The van der Waals surface area contributed by atoms with Gasteiger partial charge in [0, 0.05) is 32.1 Å². The molecule has 0 aliphatic rings. The lowest BCUT2D eigenvalue weighted by molar-refractivity contribution is 0.640. The first kappa shape index (κ1) is 22.0. The highest BCUT2D eigenvalue weighted by molar-refractivity contribution is 7.17. The van der Waals surface area contributed by atoms with E-state index in [1.54, 1.807) is 17.4 Å². The fourth-order valence-electron chi connectivity index (χ4n) is 5.53. The van der Waals surface area contributed by atoms with E-state index in [-0.39, 0.29) is 5.82 Å². The van der Waals surface area contributed by atoms with Gasteiger partial charge in [0.15, 0.2) is 0 Å². The Morgan fingerprint density at radius 2 is 1.51 bits per heavy atom. The number of hydrogen-bond acceptors (Lipinski definition) is 2. The Morgan fingerprint density at radius 3 is 2.32 bits per heavy atom. The van der Waals surface area contributed by atoms with Gasteiger partial charge in [0.2, 0.25) is 0 Å². The second-order valence-electron chi connectivity index (χ2n) is 9.54. The van der Waals surface area contributed by atoms with Gasteiger partial charge in [0.05, 0.1) is 11.0 Å². The van der Waals surface area contributed by atoms with Crippen molar-refractivity contribution in [3.05, 3.63) is 119 Å². The molecule has 7 rings (SSSR count). The minimum absolute atomic E-state index is 0.189. The Balaban J connectivity index is 1.49. The number of hydrogen-bond donors (Lipinski definition) is 0. The molecule has 2 aromatic heterocycles. The van der Waals surface area contributed by atoms with Gasteiger partial charge in [0.1, 0.15) is 11.6 Å². The maximum Gasteiger partial charge on any atom is 0.147 e. The van der Waals surface area contributed by atoms with E-state index in [2.05, 4.69) is 90.5 Å². The highest BCUT2D eigenvalue weighted by atomic mass is 32.1. The number of nitrogens with zero attached hydrogens (tertiary/aromatic N) is 2. The van der Waals surface area contributed by atoms with E-state index in [1.165, 1.54) is 28.3 Å². The minimum atomic E-state index is -0.189. The number of aryl methyl sites for hydroxylation is 2. The second kappa shape index (κ2) is 8.39. The molecule has 0 saturated heterocycles. The molecule has 0 radical (unpaired) electrons. The predicted molar refractivity (Wildman–Crippen MR) is 154 cm³/mol. The fraction of sp³-hybridized carbons (Fsp3) is 0.0606. The number of halogens is 1. The zero-order valence-electron chi connectivity index (χ0n) is 20.5. The number of benzene rings is 5. The summed E-state index contributed by atoms with van der Waals surface area (Å²) in [6.07, 6.45) is 0. The quantitative estimate of drug-likeness (QED) is 0.237. The van der Waals surface area contributed by atoms with Crippen LogP contribution in [0.2, 0.25) is 0 Å². The molecule has 0 N–H and O–H groups in total. The van der Waals surface area contributed by atoms with Crippen molar-refractivity contribution in [2.24, 2.45) is 0 Å². The Bertz CT molecular complexity index is 1940. The van der Waals surface area contributed by atoms with Crippen molar-refractivity contribution in [1.29, 1.82) is 0 Å². The molecule has 2 nitrogen and oxygen atoms in total. The van der Waals surface area contributed by atoms with Gasteiger partial charge in [-0.05, 0) is 84.0 Å². The number of fused-ring (bicyclic) bond motifs is 3. The van der Waals surface area contributed by atoms with Gasteiger partial charge >= 0.3 is 0 Å². The van der Waals surface area contributed by atoms with Crippen LogP contribution < -0.4 is 0 Å². The molecule has 7 aromatic rings. The van der Waals surface area contributed by atoms with Crippen molar-refractivity contribution in [1.82, 2.24) is 9.55 Å². The van der Waals surface area contributed by atoms with Crippen LogP contribution in [-0.2, 0) is 0 Å². The van der Waals surface area contributed by atoms with Gasteiger partial charge in [-0.25, -0.2) is 9.37 Å². The molecule has 0 saturated carbocycles. The standard InChI is InChI=1S/C33H23FN2S/c1-20-15-24(16-21(2)32(20)22-9-4-3-5-10-22)36-30-14-7-6-13-29(30)35-33(36)27-19-37-31-18-25-23(17-26(27)31)11-8-12-28(25)34/h3-19H,1-2H3. The lowest BCUT2D eigenvalue weighted by Crippen LogP contribution is -2.00. The number of para-hydroxylation sites is 2. The van der Waals surface area contributed by atoms with E-state index >= 15 is 0 Å². The molecule has 4 heteroatoms. The third-order valence-corrected chi connectivity index (χ3v) is 8.11. The summed E-state index contributed by atoms with van der Waals surface area (Å²) in [5.74, 6) is 0.709. The van der Waals surface area contributed by atoms with E-state index in [9.17, 15) is 4.39 Å². The van der Waals surface area contributed by atoms with Crippen LogP contribution in [0.4, 0.5) is 4.39 Å². The summed E-state index contributed by atoms with van der Waals surface area (Å²) in [5.41, 5.74) is 9.10. The molecule has 37 heavy (non-hydrogen) atoms. The molecule has 0 aliphatic carbocycles. The molecule has 2 heterocycles. The molecule has 0 fully saturated rings. The van der Waals surface area contributed by atoms with E-state index in [1.807, 2.05) is 18.2 Å². The monoisotopic (exact) mass is 498 g/mol. The van der Waals surface area contributed by atoms with Crippen LogP contribution >= 0.6 is 11.3 Å². The average molecular weight is 499 g/mol. The maximum atomic E-state index is 14.5. The van der Waals surface area contributed by atoms with E-state index in [0.717, 1.165) is 43.6 Å². The Labute approximate surface area is 218 Å². The van der Waals surface area contributed by atoms with Crippen molar-refractivity contribution in [2.75, 3.05) is 0 Å². The van der Waals surface area contributed by atoms with Crippen LogP contribution in [0.25, 0.3) is 60.1 Å². The number of thiophene rings is 1. The molecular formula is C33H23FN2S. The van der Waals surface area contributed by atoms with Crippen LogP contribution in [0.3, 0.4) is 0 Å². The first-order valence-corrected chi connectivity index (χ1v) is 13.2. The smallest absolute Gasteiger partial charge is 0.147 e. The average Bonchev–Trinajstić information content (AvgIpc) is 3.49. The van der Waals surface area contributed by atoms with E-state index in [0.29, 0.717) is 5.39 Å². The summed E-state index contributed by atoms with van der Waals surface area (Å²) >= 11 is 1.63. The topological polar surface area (TPSA) is 17.8 Å². The molecule has 0 spiro atoms. The first-order valence-electron chi connectivity index (χ1n) is 12.3. The molecular weight excluding hydrogens is 475 g/mol. The summed E-state index contributed by atoms with van der Waals surface area (Å²) < 4.78 is 17.8. The minimum Gasteiger partial charge on any atom is -0.292 e. The number of rotatable bonds is 3. The van der Waals surface area contributed by atoms with Gasteiger partial charge in [-0.1, -0.05) is 54.6 Å². The van der Waals surface area contributed by atoms with Crippen LogP contribution in [0, 0.1) is 19.7 Å². The van der Waals surface area contributed by atoms with Crippen LogP contribution in [0.5, 0.6) is 0 Å². The summed E-state index contributed by atoms with van der Waals surface area (Å²) in [6, 6.07) is 32.7. The second-order valence-corrected chi connectivity index (χ2v) is 10.5. The zero-order valence-corrected chi connectivity index (χ0v) is 21.3. The van der Waals surface area contributed by atoms with Crippen molar-refractivity contribution in [3.63, 3.8) is 0 Å². The zero-order chi connectivity index (χ0) is 25.1. The normalized spacial score (nSPS) is 11.6. The van der Waals surface area contributed by atoms with E-state index in [4.69, 9.17) is 4.98 Å². The molecule has 178 valence electrons. The van der Waals surface area contributed by atoms with Crippen molar-refractivity contribution >= 4 is 43.2 Å². The van der Waals surface area contributed by atoms with Crippen molar-refractivity contribution in [3.8, 4) is 28.2 Å². The van der Waals surface area contributed by atoms with E-state index < -0.39 is 0 Å². The van der Waals surface area contributed by atoms with Crippen LogP contribution in [0.15, 0.2) is 102 Å². The van der Waals surface area contributed by atoms with Gasteiger partial charge in [-0.15, -0.1) is 11.3 Å². The molecule has 0 aliphatic heterocycles. The van der Waals surface area contributed by atoms with Crippen molar-refractivity contribution in [2.45, 2.75) is 13.8 Å². The first-order chi connectivity index (χ1) is 18.1. The largest absolute Gasteiger partial charge is 0.292 e. The molecule has 0 atom stereocenters. The maximum absolute atomic E-state index is 14.5. The molecule has 5 aromatic carbocycles. The Morgan fingerprint density at radius 1 is 0.757 bits per heavy atom. The van der Waals surface area contributed by atoms with Crippen LogP contribution in [-0.4, -0.2) is 9.55 Å². The summed E-state index contributed by atoms with van der Waals surface area (Å²) in [5, 5.41) is 4.79. The number of aromatic nitrogens is 2. The fourth-order valence-corrected chi connectivity index (χ4v) is 6.49. The summed E-state index contributed by atoms with van der Waals surface area (Å²) in [4.78, 5) is 5.11. The lowest BCUT2D eigenvalue weighted by atomic mass is 9.95. The Hall–Kier alpha value is -4.28. The molecule has 0 amide bonds.